The van der Waals surface area contributed by atoms with Crippen molar-refractivity contribution < 1.29 is 4.79 Å². The number of fused-ring (bicyclic) bond motifs is 1. The van der Waals surface area contributed by atoms with Gasteiger partial charge in [-0.15, -0.1) is 0 Å². The molecule has 0 fully saturated rings. The number of nitrogens with zero attached hydrogens (tertiary/aromatic N) is 2. The summed E-state index contributed by atoms with van der Waals surface area (Å²) in [7, 11) is 0. The predicted molar refractivity (Wildman–Crippen MR) is 128 cm³/mol. The molecular weight excluding hydrogens is 415 g/mol. The second-order valence-electron chi connectivity index (χ2n) is 8.60. The van der Waals surface area contributed by atoms with Crippen LogP contribution in [0.3, 0.4) is 0 Å². The summed E-state index contributed by atoms with van der Waals surface area (Å²) < 4.78 is 0. The molecule has 1 amide bonds. The van der Waals surface area contributed by atoms with Crippen LogP contribution in [0.1, 0.15) is 43.6 Å². The fourth-order valence-electron chi connectivity index (χ4n) is 3.81. The highest BCUT2D eigenvalue weighted by molar-refractivity contribution is 6.36. The number of carbonyl (C=O) groups is 1. The first-order valence-electron chi connectivity index (χ1n) is 10.3. The smallest absolute Gasteiger partial charge is 0.254 e. The van der Waals surface area contributed by atoms with Gasteiger partial charge in [0.05, 0.1) is 21.8 Å². The SMILES string of the molecule is Cc1c(-c2ccc(Cl)cc2Cl)nc2ccccc2c1C(=O)N(CC(C)C)CC(C)C. The highest BCUT2D eigenvalue weighted by Gasteiger charge is 2.25. The van der Waals surface area contributed by atoms with E-state index in [9.17, 15) is 4.79 Å². The number of pyridine rings is 1. The molecule has 2 aromatic carbocycles. The molecule has 1 heterocycles. The maximum atomic E-state index is 13.8. The quantitative estimate of drug-likeness (QED) is 0.401. The summed E-state index contributed by atoms with van der Waals surface area (Å²) in [5.74, 6) is 0.803. The zero-order valence-corrected chi connectivity index (χ0v) is 19.7. The van der Waals surface area contributed by atoms with Crippen LogP contribution in [-0.2, 0) is 0 Å². The van der Waals surface area contributed by atoms with Gasteiger partial charge in [0, 0.05) is 29.1 Å². The number of aromatic nitrogens is 1. The van der Waals surface area contributed by atoms with E-state index in [2.05, 4.69) is 27.7 Å². The number of para-hydroxylation sites is 1. The lowest BCUT2D eigenvalue weighted by atomic mass is 9.96. The largest absolute Gasteiger partial charge is 0.338 e. The molecule has 0 radical (unpaired) electrons. The Labute approximate surface area is 189 Å². The van der Waals surface area contributed by atoms with Gasteiger partial charge in [-0.25, -0.2) is 4.98 Å². The first-order chi connectivity index (χ1) is 14.2. The molecular formula is C25H28Cl2N2O. The first-order valence-corrected chi connectivity index (χ1v) is 11.1. The van der Waals surface area contributed by atoms with Crippen LogP contribution in [0.25, 0.3) is 22.2 Å². The van der Waals surface area contributed by atoms with Crippen molar-refractivity contribution in [2.45, 2.75) is 34.6 Å². The highest BCUT2D eigenvalue weighted by atomic mass is 35.5. The van der Waals surface area contributed by atoms with Crippen molar-refractivity contribution in [3.63, 3.8) is 0 Å². The second kappa shape index (κ2) is 9.36. The van der Waals surface area contributed by atoms with E-state index in [1.807, 2.05) is 42.2 Å². The topological polar surface area (TPSA) is 33.2 Å². The van der Waals surface area contributed by atoms with Gasteiger partial charge < -0.3 is 4.90 Å². The molecule has 3 aromatic rings. The maximum absolute atomic E-state index is 13.8. The Balaban J connectivity index is 2.24. The molecule has 3 nitrogen and oxygen atoms in total. The Bertz CT molecular complexity index is 1070. The van der Waals surface area contributed by atoms with Crippen LogP contribution in [-0.4, -0.2) is 28.9 Å². The molecule has 3 rings (SSSR count). The van der Waals surface area contributed by atoms with E-state index in [-0.39, 0.29) is 5.91 Å². The highest BCUT2D eigenvalue weighted by Crippen LogP contribution is 2.35. The lowest BCUT2D eigenvalue weighted by Crippen LogP contribution is -2.37. The van der Waals surface area contributed by atoms with E-state index in [4.69, 9.17) is 28.2 Å². The molecule has 0 saturated carbocycles. The van der Waals surface area contributed by atoms with Gasteiger partial charge in [0.2, 0.25) is 0 Å². The molecule has 0 bridgehead atoms. The Morgan fingerprint density at radius 3 is 2.23 bits per heavy atom. The van der Waals surface area contributed by atoms with E-state index in [0.717, 1.165) is 22.0 Å². The third-order valence-corrected chi connectivity index (χ3v) is 5.54. The van der Waals surface area contributed by atoms with E-state index in [1.165, 1.54) is 0 Å². The summed E-state index contributed by atoms with van der Waals surface area (Å²) in [5.41, 5.74) is 3.80. The fourth-order valence-corrected chi connectivity index (χ4v) is 4.30. The minimum absolute atomic E-state index is 0.0415. The Hall–Kier alpha value is -2.10. The molecule has 0 saturated heterocycles. The molecule has 0 unspecified atom stereocenters. The van der Waals surface area contributed by atoms with Crippen LogP contribution in [0, 0.1) is 18.8 Å². The number of rotatable bonds is 6. The van der Waals surface area contributed by atoms with Gasteiger partial charge in [0.1, 0.15) is 0 Å². The Kier molecular flexibility index (Phi) is 7.05. The fraction of sp³-hybridized carbons (Fsp3) is 0.360. The van der Waals surface area contributed by atoms with Crippen LogP contribution < -0.4 is 0 Å². The molecule has 5 heteroatoms. The summed E-state index contributed by atoms with van der Waals surface area (Å²) >= 11 is 12.6. The molecule has 30 heavy (non-hydrogen) atoms. The van der Waals surface area contributed by atoms with E-state index >= 15 is 0 Å². The van der Waals surface area contributed by atoms with Crippen molar-refractivity contribution in [2.24, 2.45) is 11.8 Å². The summed E-state index contributed by atoms with van der Waals surface area (Å²) in [6.45, 7) is 11.9. The van der Waals surface area contributed by atoms with Crippen LogP contribution in [0.4, 0.5) is 0 Å². The van der Waals surface area contributed by atoms with Crippen molar-refractivity contribution in [1.82, 2.24) is 9.88 Å². The van der Waals surface area contributed by atoms with Crippen LogP contribution in [0.15, 0.2) is 42.5 Å². The van der Waals surface area contributed by atoms with Gasteiger partial charge in [-0.3, -0.25) is 4.79 Å². The predicted octanol–water partition coefficient (Wildman–Crippen LogP) is 7.27. The Morgan fingerprint density at radius 2 is 1.63 bits per heavy atom. The molecule has 0 spiro atoms. The van der Waals surface area contributed by atoms with Gasteiger partial charge in [0.15, 0.2) is 0 Å². The molecule has 0 aliphatic rings. The number of hydrogen-bond donors (Lipinski definition) is 0. The average molecular weight is 443 g/mol. The van der Waals surface area contributed by atoms with E-state index in [1.54, 1.807) is 12.1 Å². The monoisotopic (exact) mass is 442 g/mol. The number of amides is 1. The average Bonchev–Trinajstić information content (AvgIpc) is 2.66. The summed E-state index contributed by atoms with van der Waals surface area (Å²) in [6.07, 6.45) is 0. The molecule has 158 valence electrons. The van der Waals surface area contributed by atoms with Gasteiger partial charge in [-0.05, 0) is 48.6 Å². The number of hydrogen-bond acceptors (Lipinski definition) is 2. The lowest BCUT2D eigenvalue weighted by Gasteiger charge is -2.28. The normalized spacial score (nSPS) is 11.5. The summed E-state index contributed by atoms with van der Waals surface area (Å²) in [6, 6.07) is 13.2. The molecule has 0 atom stereocenters. The van der Waals surface area contributed by atoms with Gasteiger partial charge in [-0.2, -0.15) is 0 Å². The third kappa shape index (κ3) is 4.79. The lowest BCUT2D eigenvalue weighted by molar-refractivity contribution is 0.0716. The molecule has 0 aliphatic carbocycles. The summed E-state index contributed by atoms with van der Waals surface area (Å²) in [4.78, 5) is 20.6. The minimum Gasteiger partial charge on any atom is -0.338 e. The van der Waals surface area contributed by atoms with E-state index in [0.29, 0.717) is 46.2 Å². The van der Waals surface area contributed by atoms with Crippen molar-refractivity contribution in [3.05, 3.63) is 63.6 Å². The van der Waals surface area contributed by atoms with Crippen LogP contribution in [0.2, 0.25) is 10.0 Å². The maximum Gasteiger partial charge on any atom is 0.254 e. The standard InChI is InChI=1S/C25H28Cl2N2O/c1-15(2)13-29(14-16(3)4)25(30)23-17(5)24(19-11-10-18(26)12-21(19)27)28-22-9-7-6-8-20(22)23/h6-12,15-16H,13-14H2,1-5H3. The van der Waals surface area contributed by atoms with Crippen molar-refractivity contribution in [1.29, 1.82) is 0 Å². The van der Waals surface area contributed by atoms with Crippen molar-refractivity contribution >= 4 is 40.0 Å². The molecule has 1 aromatic heterocycles. The zero-order valence-electron chi connectivity index (χ0n) is 18.2. The number of carbonyl (C=O) groups excluding carboxylic acids is 1. The van der Waals surface area contributed by atoms with Crippen molar-refractivity contribution in [3.8, 4) is 11.3 Å². The van der Waals surface area contributed by atoms with E-state index < -0.39 is 0 Å². The van der Waals surface area contributed by atoms with Crippen LogP contribution >= 0.6 is 23.2 Å². The Morgan fingerprint density at radius 1 is 1.00 bits per heavy atom. The van der Waals surface area contributed by atoms with Crippen molar-refractivity contribution in [2.75, 3.05) is 13.1 Å². The number of benzene rings is 2. The van der Waals surface area contributed by atoms with Gasteiger partial charge >= 0.3 is 0 Å². The van der Waals surface area contributed by atoms with Crippen LogP contribution in [0.5, 0.6) is 0 Å². The van der Waals surface area contributed by atoms with Gasteiger partial charge in [0.25, 0.3) is 5.91 Å². The minimum atomic E-state index is 0.0415. The second-order valence-corrected chi connectivity index (χ2v) is 9.44. The number of halogens is 2. The zero-order chi connectivity index (χ0) is 22.0. The van der Waals surface area contributed by atoms with Gasteiger partial charge in [-0.1, -0.05) is 69.1 Å². The summed E-state index contributed by atoms with van der Waals surface area (Å²) in [5, 5.41) is 1.96. The first kappa shape index (κ1) is 22.6. The molecule has 0 N–H and O–H groups in total. The third-order valence-electron chi connectivity index (χ3n) is 4.99. The molecule has 0 aliphatic heterocycles.